The molecule has 5 heteroatoms. The van der Waals surface area contributed by atoms with Crippen LogP contribution in [0, 0.1) is 12.7 Å². The monoisotopic (exact) mass is 347 g/mol. The molecule has 0 fully saturated rings. The molecule has 1 unspecified atom stereocenters. The van der Waals surface area contributed by atoms with Crippen molar-refractivity contribution in [1.29, 1.82) is 0 Å². The van der Waals surface area contributed by atoms with E-state index in [0.29, 0.717) is 4.47 Å². The van der Waals surface area contributed by atoms with Crippen LogP contribution >= 0.6 is 15.9 Å². The van der Waals surface area contributed by atoms with E-state index in [9.17, 15) is 4.39 Å². The first kappa shape index (κ1) is 14.1. The maximum absolute atomic E-state index is 13.3. The summed E-state index contributed by atoms with van der Waals surface area (Å²) < 4.78 is 13.8. The molecule has 0 radical (unpaired) electrons. The van der Waals surface area contributed by atoms with Crippen LogP contribution in [0.2, 0.25) is 0 Å². The predicted molar refractivity (Wildman–Crippen MR) is 87.0 cm³/mol. The van der Waals surface area contributed by atoms with Crippen LogP contribution in [0.25, 0.3) is 11.0 Å². The van der Waals surface area contributed by atoms with E-state index < -0.39 is 0 Å². The molecule has 2 aromatic carbocycles. The molecule has 0 bridgehead atoms. The number of halogens is 2. The van der Waals surface area contributed by atoms with Gasteiger partial charge in [0.15, 0.2) is 0 Å². The van der Waals surface area contributed by atoms with Gasteiger partial charge in [-0.15, -0.1) is 0 Å². The van der Waals surface area contributed by atoms with E-state index in [4.69, 9.17) is 0 Å². The molecule has 2 N–H and O–H groups in total. The maximum atomic E-state index is 13.3. The van der Waals surface area contributed by atoms with E-state index in [2.05, 4.69) is 31.2 Å². The molecule has 0 aliphatic rings. The highest BCUT2D eigenvalue weighted by Crippen LogP contribution is 2.25. The first-order chi connectivity index (χ1) is 10.0. The summed E-state index contributed by atoms with van der Waals surface area (Å²) in [6, 6.07) is 11.1. The van der Waals surface area contributed by atoms with Crippen LogP contribution in [-0.2, 0) is 0 Å². The average molecular weight is 348 g/mol. The lowest BCUT2D eigenvalue weighted by Crippen LogP contribution is -2.06. The Labute approximate surface area is 130 Å². The number of hydrogen-bond acceptors (Lipinski definition) is 2. The zero-order valence-electron chi connectivity index (χ0n) is 11.7. The van der Waals surface area contributed by atoms with E-state index >= 15 is 0 Å². The minimum Gasteiger partial charge on any atom is -0.378 e. The molecular weight excluding hydrogens is 333 g/mol. The second kappa shape index (κ2) is 5.48. The summed E-state index contributed by atoms with van der Waals surface area (Å²) in [7, 11) is 0. The van der Waals surface area contributed by atoms with Crippen LogP contribution in [0.1, 0.15) is 24.4 Å². The van der Waals surface area contributed by atoms with Gasteiger partial charge < -0.3 is 10.3 Å². The fraction of sp³-hybridized carbons (Fsp3) is 0.188. The van der Waals surface area contributed by atoms with Gasteiger partial charge in [-0.05, 0) is 65.7 Å². The molecular formula is C16H15BrFN3. The first-order valence-corrected chi connectivity index (χ1v) is 7.50. The van der Waals surface area contributed by atoms with E-state index in [1.54, 1.807) is 12.1 Å². The Kier molecular flexibility index (Phi) is 3.68. The lowest BCUT2D eigenvalue weighted by molar-refractivity contribution is 0.619. The lowest BCUT2D eigenvalue weighted by Gasteiger charge is -2.16. The molecule has 0 amide bonds. The Morgan fingerprint density at radius 3 is 2.81 bits per heavy atom. The van der Waals surface area contributed by atoms with Crippen LogP contribution in [0.4, 0.5) is 10.1 Å². The number of rotatable bonds is 3. The molecule has 0 spiro atoms. The fourth-order valence-electron chi connectivity index (χ4n) is 2.34. The van der Waals surface area contributed by atoms with Crippen molar-refractivity contribution in [3.05, 3.63) is 58.1 Å². The topological polar surface area (TPSA) is 40.7 Å². The summed E-state index contributed by atoms with van der Waals surface area (Å²) in [5.74, 6) is 0.651. The Balaban J connectivity index is 1.84. The third-order valence-electron chi connectivity index (χ3n) is 3.43. The first-order valence-electron chi connectivity index (χ1n) is 6.71. The molecule has 0 aliphatic heterocycles. The van der Waals surface area contributed by atoms with Gasteiger partial charge in [-0.25, -0.2) is 9.37 Å². The molecule has 3 rings (SSSR count). The Morgan fingerprint density at radius 1 is 1.24 bits per heavy atom. The van der Waals surface area contributed by atoms with Crippen molar-refractivity contribution in [2.45, 2.75) is 19.9 Å². The number of benzene rings is 2. The van der Waals surface area contributed by atoms with Crippen molar-refractivity contribution in [2.75, 3.05) is 5.32 Å². The van der Waals surface area contributed by atoms with Crippen molar-refractivity contribution in [3.8, 4) is 0 Å². The zero-order valence-corrected chi connectivity index (χ0v) is 13.3. The number of imidazole rings is 1. The van der Waals surface area contributed by atoms with Crippen LogP contribution in [0.15, 0.2) is 40.9 Å². The number of aromatic nitrogens is 2. The van der Waals surface area contributed by atoms with Gasteiger partial charge in [0, 0.05) is 11.7 Å². The molecule has 108 valence electrons. The highest BCUT2D eigenvalue weighted by Gasteiger charge is 2.09. The van der Waals surface area contributed by atoms with Gasteiger partial charge in [0.1, 0.15) is 11.6 Å². The van der Waals surface area contributed by atoms with E-state index in [0.717, 1.165) is 28.1 Å². The predicted octanol–water partition coefficient (Wildman–Crippen LogP) is 4.95. The van der Waals surface area contributed by atoms with Gasteiger partial charge in [-0.2, -0.15) is 0 Å². The number of aryl methyl sites for hydroxylation is 1. The van der Waals surface area contributed by atoms with Crippen molar-refractivity contribution < 1.29 is 4.39 Å². The average Bonchev–Trinajstić information content (AvgIpc) is 2.81. The summed E-state index contributed by atoms with van der Waals surface area (Å²) in [6.45, 7) is 3.98. The fourth-order valence-corrected chi connectivity index (χ4v) is 2.74. The molecule has 1 heterocycles. The minimum absolute atomic E-state index is 0.0726. The Bertz CT molecular complexity index is 797. The summed E-state index contributed by atoms with van der Waals surface area (Å²) in [4.78, 5) is 7.60. The standard InChI is InChI=1S/C16H15BrFN3/c1-9(11-3-5-14(18)13(17)7-11)19-12-4-6-15-16(8-12)21-10(2)20-15/h3-9,19H,1-2H3,(H,20,21). The van der Waals surface area contributed by atoms with Gasteiger partial charge >= 0.3 is 0 Å². The number of hydrogen-bond donors (Lipinski definition) is 2. The largest absolute Gasteiger partial charge is 0.378 e. The SMILES string of the molecule is Cc1nc2ccc(NC(C)c3ccc(F)c(Br)c3)cc2[nH]1. The summed E-state index contributed by atoms with van der Waals surface area (Å²) in [5, 5.41) is 3.42. The third kappa shape index (κ3) is 2.93. The van der Waals surface area contributed by atoms with Gasteiger partial charge in [-0.3, -0.25) is 0 Å². The Hall–Kier alpha value is -1.88. The number of aromatic amines is 1. The normalized spacial score (nSPS) is 12.6. The van der Waals surface area contributed by atoms with Crippen LogP contribution in [0.3, 0.4) is 0 Å². The molecule has 1 atom stereocenters. The zero-order chi connectivity index (χ0) is 15.0. The third-order valence-corrected chi connectivity index (χ3v) is 4.03. The van der Waals surface area contributed by atoms with Crippen LogP contribution in [0.5, 0.6) is 0 Å². The van der Waals surface area contributed by atoms with Crippen molar-refractivity contribution >= 4 is 32.7 Å². The molecule has 0 saturated carbocycles. The molecule has 0 saturated heterocycles. The lowest BCUT2D eigenvalue weighted by atomic mass is 10.1. The molecule has 21 heavy (non-hydrogen) atoms. The quantitative estimate of drug-likeness (QED) is 0.703. The van der Waals surface area contributed by atoms with E-state index in [1.807, 2.05) is 32.0 Å². The van der Waals surface area contributed by atoms with Gasteiger partial charge in [0.25, 0.3) is 0 Å². The van der Waals surface area contributed by atoms with Crippen molar-refractivity contribution in [2.24, 2.45) is 0 Å². The summed E-state index contributed by atoms with van der Waals surface area (Å²) in [5.41, 5.74) is 3.98. The van der Waals surface area contributed by atoms with Gasteiger partial charge in [0.05, 0.1) is 15.5 Å². The molecule has 3 nitrogen and oxygen atoms in total. The van der Waals surface area contributed by atoms with Gasteiger partial charge in [-0.1, -0.05) is 6.07 Å². The highest BCUT2D eigenvalue weighted by molar-refractivity contribution is 9.10. The molecule has 0 aliphatic carbocycles. The second-order valence-electron chi connectivity index (χ2n) is 5.09. The van der Waals surface area contributed by atoms with Crippen LogP contribution < -0.4 is 5.32 Å². The van der Waals surface area contributed by atoms with Gasteiger partial charge in [0.2, 0.25) is 0 Å². The maximum Gasteiger partial charge on any atom is 0.137 e. The summed E-state index contributed by atoms with van der Waals surface area (Å²) >= 11 is 3.22. The number of anilines is 1. The number of nitrogens with one attached hydrogen (secondary N) is 2. The number of nitrogens with zero attached hydrogens (tertiary/aromatic N) is 1. The van der Waals surface area contributed by atoms with Crippen molar-refractivity contribution in [3.63, 3.8) is 0 Å². The smallest absolute Gasteiger partial charge is 0.137 e. The number of fused-ring (bicyclic) bond motifs is 1. The Morgan fingerprint density at radius 2 is 2.05 bits per heavy atom. The van der Waals surface area contributed by atoms with Crippen molar-refractivity contribution in [1.82, 2.24) is 9.97 Å². The molecule has 1 aromatic heterocycles. The molecule has 3 aromatic rings. The second-order valence-corrected chi connectivity index (χ2v) is 5.95. The van der Waals surface area contributed by atoms with Crippen LogP contribution in [-0.4, -0.2) is 9.97 Å². The van der Waals surface area contributed by atoms with E-state index in [-0.39, 0.29) is 11.9 Å². The minimum atomic E-state index is -0.250. The van der Waals surface area contributed by atoms with E-state index in [1.165, 1.54) is 6.07 Å². The summed E-state index contributed by atoms with van der Waals surface area (Å²) in [6.07, 6.45) is 0. The highest BCUT2D eigenvalue weighted by atomic mass is 79.9. The number of H-pyrrole nitrogens is 1.